The number of nitrogens with zero attached hydrogens (tertiary/aromatic N) is 3. The number of hydrazine groups is 1. The predicted octanol–water partition coefficient (Wildman–Crippen LogP) is 2.68. The fourth-order valence-electron chi connectivity index (χ4n) is 2.09. The molecule has 0 aliphatic heterocycles. The zero-order valence-electron chi connectivity index (χ0n) is 11.8. The molecule has 0 aliphatic carbocycles. The van der Waals surface area contributed by atoms with Gasteiger partial charge in [-0.25, -0.2) is 20.2 Å². The number of rotatable bonds is 4. The molecule has 0 unspecified atom stereocenters. The summed E-state index contributed by atoms with van der Waals surface area (Å²) >= 11 is 0. The van der Waals surface area contributed by atoms with Crippen molar-refractivity contribution in [1.82, 2.24) is 9.97 Å². The SMILES string of the molecule is CCN(c1ccc(F)cc1)c1nc(C)nc(NN)c1C. The van der Waals surface area contributed by atoms with Gasteiger partial charge in [-0.05, 0) is 45.0 Å². The van der Waals surface area contributed by atoms with Crippen molar-refractivity contribution >= 4 is 17.3 Å². The molecule has 0 aliphatic rings. The van der Waals surface area contributed by atoms with E-state index >= 15 is 0 Å². The van der Waals surface area contributed by atoms with Gasteiger partial charge in [0.25, 0.3) is 0 Å². The van der Waals surface area contributed by atoms with Crippen LogP contribution in [0.3, 0.4) is 0 Å². The van der Waals surface area contributed by atoms with E-state index in [1.165, 1.54) is 12.1 Å². The molecule has 2 aromatic rings. The molecule has 5 nitrogen and oxygen atoms in total. The summed E-state index contributed by atoms with van der Waals surface area (Å²) in [5.41, 5.74) is 4.30. The van der Waals surface area contributed by atoms with Crippen molar-refractivity contribution in [2.24, 2.45) is 5.84 Å². The van der Waals surface area contributed by atoms with Gasteiger partial charge in [0.1, 0.15) is 23.3 Å². The van der Waals surface area contributed by atoms with E-state index in [0.29, 0.717) is 18.2 Å². The van der Waals surface area contributed by atoms with Gasteiger partial charge in [-0.15, -0.1) is 0 Å². The highest BCUT2D eigenvalue weighted by Crippen LogP contribution is 2.29. The van der Waals surface area contributed by atoms with E-state index in [2.05, 4.69) is 15.4 Å². The van der Waals surface area contributed by atoms with Gasteiger partial charge < -0.3 is 10.3 Å². The van der Waals surface area contributed by atoms with Crippen molar-refractivity contribution in [3.8, 4) is 0 Å². The Morgan fingerprint density at radius 3 is 2.40 bits per heavy atom. The smallest absolute Gasteiger partial charge is 0.148 e. The summed E-state index contributed by atoms with van der Waals surface area (Å²) in [6.07, 6.45) is 0. The second kappa shape index (κ2) is 5.83. The zero-order valence-corrected chi connectivity index (χ0v) is 11.8. The molecule has 1 aromatic carbocycles. The third kappa shape index (κ3) is 2.70. The first-order chi connectivity index (χ1) is 9.56. The molecule has 0 spiro atoms. The molecule has 1 aromatic heterocycles. The quantitative estimate of drug-likeness (QED) is 0.663. The van der Waals surface area contributed by atoms with Gasteiger partial charge >= 0.3 is 0 Å². The Labute approximate surface area is 117 Å². The number of nitrogen functional groups attached to an aromatic ring is 1. The number of benzene rings is 1. The highest BCUT2D eigenvalue weighted by molar-refractivity contribution is 5.67. The van der Waals surface area contributed by atoms with Crippen LogP contribution >= 0.6 is 0 Å². The van der Waals surface area contributed by atoms with E-state index in [-0.39, 0.29) is 5.82 Å². The summed E-state index contributed by atoms with van der Waals surface area (Å²) in [5.74, 6) is 7.20. The Bertz CT molecular complexity index is 597. The molecule has 1 heterocycles. The topological polar surface area (TPSA) is 67.1 Å². The van der Waals surface area contributed by atoms with Crippen LogP contribution in [0.1, 0.15) is 18.3 Å². The first-order valence-corrected chi connectivity index (χ1v) is 6.41. The second-order valence-corrected chi connectivity index (χ2v) is 4.43. The summed E-state index contributed by atoms with van der Waals surface area (Å²) in [6.45, 7) is 6.42. The van der Waals surface area contributed by atoms with E-state index in [4.69, 9.17) is 5.84 Å². The van der Waals surface area contributed by atoms with Crippen LogP contribution in [0, 0.1) is 19.7 Å². The fourth-order valence-corrected chi connectivity index (χ4v) is 2.09. The van der Waals surface area contributed by atoms with Gasteiger partial charge in [0, 0.05) is 17.8 Å². The molecule has 0 radical (unpaired) electrons. The lowest BCUT2D eigenvalue weighted by atomic mass is 10.2. The second-order valence-electron chi connectivity index (χ2n) is 4.43. The van der Waals surface area contributed by atoms with Gasteiger partial charge in [-0.1, -0.05) is 0 Å². The first kappa shape index (κ1) is 14.2. The zero-order chi connectivity index (χ0) is 14.7. The molecular formula is C14H18FN5. The van der Waals surface area contributed by atoms with Gasteiger partial charge in [0.2, 0.25) is 0 Å². The van der Waals surface area contributed by atoms with Gasteiger partial charge in [0.15, 0.2) is 0 Å². The van der Waals surface area contributed by atoms with E-state index in [9.17, 15) is 4.39 Å². The standard InChI is InChI=1S/C14H18FN5/c1-4-20(12-7-5-11(15)6-8-12)14-9(2)13(19-16)17-10(3)18-14/h5-8H,4,16H2,1-3H3,(H,17,18,19). The molecule has 2 rings (SSSR count). The van der Waals surface area contributed by atoms with Crippen LogP contribution in [-0.4, -0.2) is 16.5 Å². The lowest BCUT2D eigenvalue weighted by Crippen LogP contribution is -2.21. The molecule has 0 atom stereocenters. The summed E-state index contributed by atoms with van der Waals surface area (Å²) in [7, 11) is 0. The summed E-state index contributed by atoms with van der Waals surface area (Å²) in [4.78, 5) is 10.7. The highest BCUT2D eigenvalue weighted by atomic mass is 19.1. The van der Waals surface area contributed by atoms with Crippen LogP contribution in [-0.2, 0) is 0 Å². The molecule has 0 fully saturated rings. The number of halogens is 1. The minimum absolute atomic E-state index is 0.260. The molecule has 0 bridgehead atoms. The molecular weight excluding hydrogens is 257 g/mol. The third-order valence-electron chi connectivity index (χ3n) is 3.08. The molecule has 0 amide bonds. The maximum Gasteiger partial charge on any atom is 0.148 e. The molecule has 3 N–H and O–H groups in total. The fraction of sp³-hybridized carbons (Fsp3) is 0.286. The van der Waals surface area contributed by atoms with E-state index in [1.54, 1.807) is 12.1 Å². The lowest BCUT2D eigenvalue weighted by molar-refractivity contribution is 0.627. The number of hydrogen-bond donors (Lipinski definition) is 2. The number of aryl methyl sites for hydroxylation is 1. The molecule has 6 heteroatoms. The van der Waals surface area contributed by atoms with Gasteiger partial charge in [-0.2, -0.15) is 0 Å². The highest BCUT2D eigenvalue weighted by Gasteiger charge is 2.15. The van der Waals surface area contributed by atoms with Crippen LogP contribution in [0.5, 0.6) is 0 Å². The Balaban J connectivity index is 2.51. The maximum atomic E-state index is 13.0. The minimum Gasteiger partial charge on any atom is -0.326 e. The first-order valence-electron chi connectivity index (χ1n) is 6.41. The van der Waals surface area contributed by atoms with E-state index in [0.717, 1.165) is 17.1 Å². The van der Waals surface area contributed by atoms with Crippen molar-refractivity contribution in [1.29, 1.82) is 0 Å². The van der Waals surface area contributed by atoms with Crippen LogP contribution in [0.25, 0.3) is 0 Å². The third-order valence-corrected chi connectivity index (χ3v) is 3.08. The normalized spacial score (nSPS) is 10.4. The Morgan fingerprint density at radius 1 is 1.20 bits per heavy atom. The van der Waals surface area contributed by atoms with E-state index in [1.807, 2.05) is 25.7 Å². The van der Waals surface area contributed by atoms with Crippen LogP contribution in [0.2, 0.25) is 0 Å². The Morgan fingerprint density at radius 2 is 1.85 bits per heavy atom. The molecule has 0 saturated heterocycles. The largest absolute Gasteiger partial charge is 0.326 e. The van der Waals surface area contributed by atoms with Crippen LogP contribution in [0.15, 0.2) is 24.3 Å². The van der Waals surface area contributed by atoms with Crippen molar-refractivity contribution < 1.29 is 4.39 Å². The van der Waals surface area contributed by atoms with Crippen LogP contribution in [0.4, 0.5) is 21.7 Å². The molecule has 106 valence electrons. The maximum absolute atomic E-state index is 13.0. The monoisotopic (exact) mass is 275 g/mol. The lowest BCUT2D eigenvalue weighted by Gasteiger charge is -2.25. The number of hydrogen-bond acceptors (Lipinski definition) is 5. The number of aromatic nitrogens is 2. The van der Waals surface area contributed by atoms with E-state index < -0.39 is 0 Å². The number of nitrogens with one attached hydrogen (secondary N) is 1. The molecule has 0 saturated carbocycles. The summed E-state index contributed by atoms with van der Waals surface area (Å²) < 4.78 is 13.0. The average Bonchev–Trinajstić information content (AvgIpc) is 2.45. The van der Waals surface area contributed by atoms with Gasteiger partial charge in [-0.3, -0.25) is 0 Å². The molecule has 20 heavy (non-hydrogen) atoms. The van der Waals surface area contributed by atoms with Crippen molar-refractivity contribution in [3.63, 3.8) is 0 Å². The number of nitrogens with two attached hydrogens (primary N) is 1. The van der Waals surface area contributed by atoms with Gasteiger partial charge in [0.05, 0.1) is 0 Å². The van der Waals surface area contributed by atoms with Crippen LogP contribution < -0.4 is 16.2 Å². The van der Waals surface area contributed by atoms with Crippen molar-refractivity contribution in [3.05, 3.63) is 41.5 Å². The van der Waals surface area contributed by atoms with Crippen molar-refractivity contribution in [2.75, 3.05) is 16.9 Å². The van der Waals surface area contributed by atoms with Crippen molar-refractivity contribution in [2.45, 2.75) is 20.8 Å². The Kier molecular flexibility index (Phi) is 4.14. The average molecular weight is 275 g/mol. The number of anilines is 3. The summed E-state index contributed by atoms with van der Waals surface area (Å²) in [5, 5.41) is 0. The Hall–Kier alpha value is -2.21. The predicted molar refractivity (Wildman–Crippen MR) is 78.4 cm³/mol. The summed E-state index contributed by atoms with van der Waals surface area (Å²) in [6, 6.07) is 6.32. The minimum atomic E-state index is -0.260.